The van der Waals surface area contributed by atoms with Crippen LogP contribution in [0.2, 0.25) is 0 Å². The summed E-state index contributed by atoms with van der Waals surface area (Å²) in [6, 6.07) is 3.59. The van der Waals surface area contributed by atoms with Crippen molar-refractivity contribution in [2.24, 2.45) is 5.73 Å². The lowest BCUT2D eigenvalue weighted by molar-refractivity contribution is 0.526. The van der Waals surface area contributed by atoms with Gasteiger partial charge in [0.1, 0.15) is 11.6 Å². The lowest BCUT2D eigenvalue weighted by atomic mass is 10.0. The van der Waals surface area contributed by atoms with E-state index in [9.17, 15) is 8.78 Å². The van der Waals surface area contributed by atoms with E-state index < -0.39 is 11.6 Å². The van der Waals surface area contributed by atoms with E-state index in [-0.39, 0.29) is 18.0 Å². The lowest BCUT2D eigenvalue weighted by Gasteiger charge is -2.11. The quantitative estimate of drug-likeness (QED) is 0.780. The van der Waals surface area contributed by atoms with Crippen molar-refractivity contribution in [2.75, 3.05) is 0 Å². The van der Waals surface area contributed by atoms with E-state index in [0.29, 0.717) is 12.8 Å². The van der Waals surface area contributed by atoms with Gasteiger partial charge in [-0.3, -0.25) is 0 Å². The van der Waals surface area contributed by atoms with Crippen LogP contribution in [0.25, 0.3) is 0 Å². The fraction of sp³-hybridized carbons (Fsp3) is 0.385. The number of hydrogen-bond donors (Lipinski definition) is 1. The summed E-state index contributed by atoms with van der Waals surface area (Å²) in [7, 11) is 0. The Morgan fingerprint density at radius 3 is 2.50 bits per heavy atom. The van der Waals surface area contributed by atoms with Crippen LogP contribution in [0.1, 0.15) is 25.3 Å². The summed E-state index contributed by atoms with van der Waals surface area (Å²) in [5, 5.41) is 0. The van der Waals surface area contributed by atoms with E-state index in [1.807, 2.05) is 0 Å². The third kappa shape index (κ3) is 3.63. The van der Waals surface area contributed by atoms with E-state index in [2.05, 4.69) is 11.8 Å². The van der Waals surface area contributed by atoms with Gasteiger partial charge in [-0.1, -0.05) is 6.07 Å². The minimum atomic E-state index is -0.531. The summed E-state index contributed by atoms with van der Waals surface area (Å²) >= 11 is 0. The van der Waals surface area contributed by atoms with Gasteiger partial charge in [0, 0.05) is 18.0 Å². The average molecular weight is 223 g/mol. The third-order valence-electron chi connectivity index (χ3n) is 2.34. The van der Waals surface area contributed by atoms with Gasteiger partial charge in [0.05, 0.1) is 0 Å². The highest BCUT2D eigenvalue weighted by molar-refractivity contribution is 5.20. The second-order valence-corrected chi connectivity index (χ2v) is 3.63. The van der Waals surface area contributed by atoms with Crippen LogP contribution in [0.3, 0.4) is 0 Å². The Morgan fingerprint density at radius 1 is 1.31 bits per heavy atom. The van der Waals surface area contributed by atoms with Gasteiger partial charge in [-0.2, -0.15) is 0 Å². The van der Waals surface area contributed by atoms with Crippen molar-refractivity contribution in [2.45, 2.75) is 32.2 Å². The van der Waals surface area contributed by atoms with Gasteiger partial charge in [-0.25, -0.2) is 8.78 Å². The normalized spacial score (nSPS) is 11.8. The summed E-state index contributed by atoms with van der Waals surface area (Å²) in [5.74, 6) is 4.57. The molecule has 1 unspecified atom stereocenters. The first kappa shape index (κ1) is 12.7. The molecule has 0 amide bonds. The molecule has 1 atom stereocenters. The minimum absolute atomic E-state index is 0.0689. The van der Waals surface area contributed by atoms with E-state index in [1.54, 1.807) is 6.92 Å². The Morgan fingerprint density at radius 2 is 1.94 bits per heavy atom. The number of nitrogens with two attached hydrogens (primary N) is 1. The second kappa shape index (κ2) is 6.24. The fourth-order valence-electron chi connectivity index (χ4n) is 1.47. The average Bonchev–Trinajstić information content (AvgIpc) is 2.24. The molecule has 1 nitrogen and oxygen atoms in total. The van der Waals surface area contributed by atoms with Gasteiger partial charge in [0.2, 0.25) is 0 Å². The number of rotatable bonds is 4. The smallest absolute Gasteiger partial charge is 0.129 e. The monoisotopic (exact) mass is 223 g/mol. The Bertz CT molecular complexity index is 384. The Balaban J connectivity index is 2.61. The lowest BCUT2D eigenvalue weighted by Crippen LogP contribution is -2.23. The molecule has 3 heteroatoms. The van der Waals surface area contributed by atoms with Crippen molar-refractivity contribution in [3.8, 4) is 11.8 Å². The zero-order valence-corrected chi connectivity index (χ0v) is 9.26. The van der Waals surface area contributed by atoms with Crippen LogP contribution in [0.15, 0.2) is 18.2 Å². The van der Waals surface area contributed by atoms with Crippen molar-refractivity contribution < 1.29 is 8.78 Å². The first-order valence-corrected chi connectivity index (χ1v) is 5.23. The molecule has 0 heterocycles. The SMILES string of the molecule is CC#CCCC(N)Cc1c(F)cccc1F. The van der Waals surface area contributed by atoms with Crippen LogP contribution >= 0.6 is 0 Å². The summed E-state index contributed by atoms with van der Waals surface area (Å²) in [4.78, 5) is 0. The first-order valence-electron chi connectivity index (χ1n) is 5.23. The van der Waals surface area contributed by atoms with E-state index in [4.69, 9.17) is 5.73 Å². The zero-order valence-electron chi connectivity index (χ0n) is 9.26. The Labute approximate surface area is 94.7 Å². The highest BCUT2D eigenvalue weighted by Crippen LogP contribution is 2.14. The van der Waals surface area contributed by atoms with Crippen LogP contribution in [-0.2, 0) is 6.42 Å². The molecule has 0 aliphatic heterocycles. The molecule has 86 valence electrons. The van der Waals surface area contributed by atoms with Gasteiger partial charge >= 0.3 is 0 Å². The van der Waals surface area contributed by atoms with Gasteiger partial charge in [0.25, 0.3) is 0 Å². The van der Waals surface area contributed by atoms with Crippen molar-refractivity contribution in [1.29, 1.82) is 0 Å². The fourth-order valence-corrected chi connectivity index (χ4v) is 1.47. The van der Waals surface area contributed by atoms with Crippen LogP contribution < -0.4 is 5.73 Å². The Hall–Kier alpha value is -1.40. The van der Waals surface area contributed by atoms with E-state index in [0.717, 1.165) is 0 Å². The van der Waals surface area contributed by atoms with Gasteiger partial charge in [-0.05, 0) is 31.9 Å². The number of benzene rings is 1. The topological polar surface area (TPSA) is 26.0 Å². The van der Waals surface area contributed by atoms with Gasteiger partial charge < -0.3 is 5.73 Å². The summed E-state index contributed by atoms with van der Waals surface area (Å²) < 4.78 is 26.6. The predicted octanol–water partition coefficient (Wildman–Crippen LogP) is 2.64. The van der Waals surface area contributed by atoms with Crippen molar-refractivity contribution in [3.63, 3.8) is 0 Å². The van der Waals surface area contributed by atoms with Crippen LogP contribution in [-0.4, -0.2) is 6.04 Å². The Kier molecular flexibility index (Phi) is 4.94. The second-order valence-electron chi connectivity index (χ2n) is 3.63. The van der Waals surface area contributed by atoms with Crippen molar-refractivity contribution in [3.05, 3.63) is 35.4 Å². The molecule has 2 N–H and O–H groups in total. The van der Waals surface area contributed by atoms with Gasteiger partial charge in [0.15, 0.2) is 0 Å². The molecule has 0 spiro atoms. The largest absolute Gasteiger partial charge is 0.327 e. The molecule has 1 aromatic carbocycles. The van der Waals surface area contributed by atoms with Crippen LogP contribution in [0.4, 0.5) is 8.78 Å². The summed E-state index contributed by atoms with van der Waals surface area (Å²) in [6.07, 6.45) is 1.52. The summed E-state index contributed by atoms with van der Waals surface area (Å²) in [6.45, 7) is 1.75. The molecule has 0 aliphatic carbocycles. The molecule has 0 saturated carbocycles. The molecule has 16 heavy (non-hydrogen) atoms. The van der Waals surface area contributed by atoms with E-state index >= 15 is 0 Å². The van der Waals surface area contributed by atoms with Crippen molar-refractivity contribution in [1.82, 2.24) is 0 Å². The maximum absolute atomic E-state index is 13.3. The maximum Gasteiger partial charge on any atom is 0.129 e. The first-order chi connectivity index (χ1) is 7.65. The van der Waals surface area contributed by atoms with Crippen LogP contribution in [0, 0.1) is 23.5 Å². The van der Waals surface area contributed by atoms with Crippen LogP contribution in [0.5, 0.6) is 0 Å². The molecule has 0 aliphatic rings. The summed E-state index contributed by atoms with van der Waals surface area (Å²) in [5.41, 5.74) is 5.85. The molecule has 0 saturated heterocycles. The minimum Gasteiger partial charge on any atom is -0.327 e. The maximum atomic E-state index is 13.3. The highest BCUT2D eigenvalue weighted by Gasteiger charge is 2.12. The molecular weight excluding hydrogens is 208 g/mol. The zero-order chi connectivity index (χ0) is 12.0. The third-order valence-corrected chi connectivity index (χ3v) is 2.34. The van der Waals surface area contributed by atoms with E-state index in [1.165, 1.54) is 18.2 Å². The highest BCUT2D eigenvalue weighted by atomic mass is 19.1. The van der Waals surface area contributed by atoms with Crippen molar-refractivity contribution >= 4 is 0 Å². The molecule has 1 rings (SSSR count). The molecule has 0 bridgehead atoms. The molecule has 0 aromatic heterocycles. The number of hydrogen-bond acceptors (Lipinski definition) is 1. The number of halogens is 2. The van der Waals surface area contributed by atoms with Gasteiger partial charge in [-0.15, -0.1) is 11.8 Å². The molecular formula is C13H15F2N. The molecule has 0 fully saturated rings. The standard InChI is InChI=1S/C13H15F2N/c1-2-3-4-6-10(16)9-11-12(14)7-5-8-13(11)15/h5,7-8,10H,4,6,9,16H2,1H3. The predicted molar refractivity (Wildman–Crippen MR) is 60.7 cm³/mol. The molecule has 0 radical (unpaired) electrons. The molecule has 1 aromatic rings.